The predicted molar refractivity (Wildman–Crippen MR) is 200 cm³/mol. The van der Waals surface area contributed by atoms with E-state index in [2.05, 4.69) is 4.74 Å². The molecule has 0 aromatic heterocycles. The number of thioether (sulfide) groups is 1. The topological polar surface area (TPSA) is 299 Å². The second-order valence-corrected chi connectivity index (χ2v) is 17.2. The first-order chi connectivity index (χ1) is 28.2. The van der Waals surface area contributed by atoms with E-state index in [0.717, 1.165) is 26.4 Å². The van der Waals surface area contributed by atoms with Gasteiger partial charge in [0.15, 0.2) is 35.2 Å². The van der Waals surface area contributed by atoms with Gasteiger partial charge in [-0.1, -0.05) is 24.3 Å². The van der Waals surface area contributed by atoms with Crippen molar-refractivity contribution in [1.82, 2.24) is 0 Å². The molecule has 13 atom stereocenters. The molecule has 60 heavy (non-hydrogen) atoms. The van der Waals surface area contributed by atoms with Crippen molar-refractivity contribution >= 4 is 46.8 Å². The molecule has 0 amide bonds. The molecule has 0 saturated carbocycles. The standard InChI is InChI=1S/C40H44O19S/c1-16-39(52)33(49)25-20(7-5-9-22(25)41)31(47)37(39,14-18(57-16)11-12-56-36-29(46)27(44)28(45)30(59-36)35(51)55-4)60-38-15-19(13-24(43)54-3)58-17(2)40(38,53)34(50)26-21(32(38)48)8-6-10-23(26)42/h5-10,16-19,27-30,36,41-42,44-46,52-53H,11-15H2,1-4H3/t16-,17-,18-,19-,27+,28+,29-,30?,36-,37+,38+,39+,40+/m0/s1. The third-order valence-electron chi connectivity index (χ3n) is 12.4. The first-order valence-electron chi connectivity index (χ1n) is 19.0. The van der Waals surface area contributed by atoms with Crippen molar-refractivity contribution < 1.29 is 92.9 Å². The highest BCUT2D eigenvalue weighted by atomic mass is 32.2. The van der Waals surface area contributed by atoms with Gasteiger partial charge in [0.1, 0.15) is 39.3 Å². The minimum absolute atomic E-state index is 0.226. The quantitative estimate of drug-likeness (QED) is 0.157. The van der Waals surface area contributed by atoms with E-state index in [-0.39, 0.29) is 17.5 Å². The Kier molecular flexibility index (Phi) is 11.3. The summed E-state index contributed by atoms with van der Waals surface area (Å²) >= 11 is 0.349. The van der Waals surface area contributed by atoms with E-state index in [0.29, 0.717) is 11.8 Å². The number of aliphatic hydroxyl groups excluding tert-OH is 3. The number of hydrogen-bond acceptors (Lipinski definition) is 20. The third kappa shape index (κ3) is 6.14. The minimum Gasteiger partial charge on any atom is -0.507 e. The summed E-state index contributed by atoms with van der Waals surface area (Å²) in [5.74, 6) is -7.49. The summed E-state index contributed by atoms with van der Waals surface area (Å²) in [6, 6.07) is 7.29. The molecular weight excluding hydrogens is 816 g/mol. The van der Waals surface area contributed by atoms with Gasteiger partial charge in [0.25, 0.3) is 0 Å². The van der Waals surface area contributed by atoms with Crippen molar-refractivity contribution in [2.75, 3.05) is 20.8 Å². The number of ketones is 4. The van der Waals surface area contributed by atoms with Crippen LogP contribution in [0.25, 0.3) is 0 Å². The number of fused-ring (bicyclic) bond motifs is 4. The molecule has 7 N–H and O–H groups in total. The van der Waals surface area contributed by atoms with Crippen LogP contribution in [-0.4, -0.2) is 167 Å². The van der Waals surface area contributed by atoms with Crippen LogP contribution < -0.4 is 0 Å². The van der Waals surface area contributed by atoms with Crippen LogP contribution in [0.5, 0.6) is 11.5 Å². The van der Waals surface area contributed by atoms with Crippen LogP contribution in [0.1, 0.15) is 81.0 Å². The van der Waals surface area contributed by atoms with E-state index in [4.69, 9.17) is 23.7 Å². The Labute approximate surface area is 345 Å². The van der Waals surface area contributed by atoms with Crippen LogP contribution in [0.2, 0.25) is 0 Å². The molecule has 0 radical (unpaired) electrons. The van der Waals surface area contributed by atoms with E-state index < -0.39 is 159 Å². The SMILES string of the molecule is COC(=O)C[C@H]1C[C@@]2(S[C@@]34C[C@H](CCO[C@H]5OC(C(=O)OC)[C@H](O)[C@@H](O)[C@@H]5O)O[C@@H](C)[C@@]3(O)C(=O)c3c(O)cccc3C4=O)C(=O)c3cccc(O)c3C(=O)[C@]2(O)[C@H](C)O1. The van der Waals surface area contributed by atoms with E-state index in [1.807, 2.05) is 0 Å². The number of aliphatic hydroxyl groups is 5. The Morgan fingerprint density at radius 3 is 1.72 bits per heavy atom. The maximum atomic E-state index is 15.3. The van der Waals surface area contributed by atoms with E-state index >= 15 is 9.59 Å². The first kappa shape index (κ1) is 43.7. The molecule has 7 rings (SSSR count). The summed E-state index contributed by atoms with van der Waals surface area (Å²) in [5, 5.41) is 78.9. The molecule has 1 unspecified atom stereocenters. The maximum Gasteiger partial charge on any atom is 0.337 e. The van der Waals surface area contributed by atoms with Crippen molar-refractivity contribution in [3.63, 3.8) is 0 Å². The molecule has 3 heterocycles. The Balaban J connectivity index is 1.35. The van der Waals surface area contributed by atoms with Crippen LogP contribution in [-0.2, 0) is 38.0 Å². The summed E-state index contributed by atoms with van der Waals surface area (Å²) in [7, 11) is 2.12. The van der Waals surface area contributed by atoms with Gasteiger partial charge in [-0.25, -0.2) is 4.79 Å². The van der Waals surface area contributed by atoms with Crippen LogP contribution >= 0.6 is 11.8 Å². The normalized spacial score (nSPS) is 38.6. The fourth-order valence-electron chi connectivity index (χ4n) is 9.30. The molecule has 2 aromatic carbocycles. The van der Waals surface area contributed by atoms with Crippen LogP contribution in [0.3, 0.4) is 0 Å². The van der Waals surface area contributed by atoms with E-state index in [1.165, 1.54) is 38.1 Å². The third-order valence-corrected chi connectivity index (χ3v) is 14.4. The number of carbonyl (C=O) groups is 6. The fourth-order valence-corrected chi connectivity index (χ4v) is 11.7. The molecular formula is C40H44O19S. The Morgan fingerprint density at radius 1 is 0.717 bits per heavy atom. The fraction of sp³-hybridized carbons (Fsp3) is 0.550. The second-order valence-electron chi connectivity index (χ2n) is 15.6. The second kappa shape index (κ2) is 15.5. The summed E-state index contributed by atoms with van der Waals surface area (Å²) in [6.07, 6.45) is -16.8. The molecule has 5 aliphatic rings. The number of carbonyl (C=O) groups excluding carboxylic acids is 6. The Morgan fingerprint density at radius 2 is 1.22 bits per heavy atom. The maximum absolute atomic E-state index is 15.3. The van der Waals surface area contributed by atoms with Gasteiger partial charge in [-0.3, -0.25) is 24.0 Å². The average Bonchev–Trinajstić information content (AvgIpc) is 3.21. The van der Waals surface area contributed by atoms with Gasteiger partial charge in [-0.2, -0.15) is 0 Å². The molecule has 3 saturated heterocycles. The number of hydrogen-bond donors (Lipinski definition) is 7. The van der Waals surface area contributed by atoms with E-state index in [1.54, 1.807) is 0 Å². The summed E-state index contributed by atoms with van der Waals surface area (Å²) in [6.45, 7) is 2.11. The monoisotopic (exact) mass is 860 g/mol. The molecule has 324 valence electrons. The summed E-state index contributed by atoms with van der Waals surface area (Å²) < 4.78 is 27.6. The van der Waals surface area contributed by atoms with Gasteiger partial charge in [-0.15, -0.1) is 11.8 Å². The van der Waals surface area contributed by atoms with Crippen molar-refractivity contribution in [2.45, 2.75) is 115 Å². The first-order valence-corrected chi connectivity index (χ1v) is 19.8. The highest BCUT2D eigenvalue weighted by molar-refractivity contribution is 8.03. The highest BCUT2D eigenvalue weighted by Crippen LogP contribution is 2.64. The van der Waals surface area contributed by atoms with Gasteiger partial charge in [0, 0.05) is 11.1 Å². The van der Waals surface area contributed by atoms with Gasteiger partial charge in [-0.05, 0) is 45.2 Å². The number of esters is 2. The number of benzene rings is 2. The van der Waals surface area contributed by atoms with Gasteiger partial charge < -0.3 is 64.2 Å². The molecule has 3 fully saturated rings. The van der Waals surface area contributed by atoms with Crippen LogP contribution in [0.4, 0.5) is 0 Å². The van der Waals surface area contributed by atoms with Crippen molar-refractivity contribution in [3.8, 4) is 11.5 Å². The Hall–Kier alpha value is -4.35. The zero-order valence-corrected chi connectivity index (χ0v) is 33.5. The number of rotatable bonds is 9. The number of Topliss-reactive ketones (excluding diaryl/α,β-unsaturated/α-hetero) is 4. The summed E-state index contributed by atoms with van der Waals surface area (Å²) in [5.41, 5.74) is -7.66. The molecule has 0 bridgehead atoms. The molecule has 0 spiro atoms. The lowest BCUT2D eigenvalue weighted by Gasteiger charge is -2.61. The van der Waals surface area contributed by atoms with Gasteiger partial charge in [0.05, 0.1) is 62.8 Å². The van der Waals surface area contributed by atoms with Crippen LogP contribution in [0.15, 0.2) is 36.4 Å². The zero-order chi connectivity index (χ0) is 43.9. The lowest BCUT2D eigenvalue weighted by Crippen LogP contribution is -2.79. The van der Waals surface area contributed by atoms with Crippen molar-refractivity contribution in [1.29, 1.82) is 0 Å². The van der Waals surface area contributed by atoms with E-state index in [9.17, 15) is 54.9 Å². The Bertz CT molecular complexity index is 2140. The zero-order valence-electron chi connectivity index (χ0n) is 32.6. The predicted octanol–water partition coefficient (Wildman–Crippen LogP) is -0.466. The highest BCUT2D eigenvalue weighted by Gasteiger charge is 2.78. The van der Waals surface area contributed by atoms with Gasteiger partial charge >= 0.3 is 11.9 Å². The molecule has 20 heteroatoms. The van der Waals surface area contributed by atoms with Crippen molar-refractivity contribution in [3.05, 3.63) is 58.7 Å². The number of methoxy groups -OCH3 is 2. The lowest BCUT2D eigenvalue weighted by molar-refractivity contribution is -0.296. The number of phenols is 2. The summed E-state index contributed by atoms with van der Waals surface area (Å²) in [4.78, 5) is 84.9. The lowest BCUT2D eigenvalue weighted by atomic mass is 9.63. The molecule has 2 aromatic rings. The average molecular weight is 861 g/mol. The number of ether oxygens (including phenoxy) is 6. The minimum atomic E-state index is -2.94. The number of phenolic OH excluding ortho intramolecular Hbond substituents is 2. The van der Waals surface area contributed by atoms with Crippen molar-refractivity contribution in [2.24, 2.45) is 0 Å². The molecule has 3 aliphatic heterocycles. The molecule has 2 aliphatic carbocycles. The largest absolute Gasteiger partial charge is 0.507 e. The number of aromatic hydroxyl groups is 2. The van der Waals surface area contributed by atoms with Crippen LogP contribution in [0, 0.1) is 0 Å². The van der Waals surface area contributed by atoms with Gasteiger partial charge in [0.2, 0.25) is 11.6 Å². The smallest absolute Gasteiger partial charge is 0.337 e. The molecule has 19 nitrogen and oxygen atoms in total.